The van der Waals surface area contributed by atoms with E-state index in [1.807, 2.05) is 4.90 Å². The van der Waals surface area contributed by atoms with Crippen LogP contribution in [0.5, 0.6) is 0 Å². The molecule has 3 aliphatic rings. The Morgan fingerprint density at radius 3 is 2.97 bits per heavy atom. The normalized spacial score (nSPS) is 23.8. The van der Waals surface area contributed by atoms with E-state index in [1.165, 1.54) is 10.4 Å². The molecule has 7 heteroatoms. The van der Waals surface area contributed by atoms with E-state index in [1.54, 1.807) is 11.3 Å². The summed E-state index contributed by atoms with van der Waals surface area (Å²) in [5.41, 5.74) is 3.01. The number of carbonyl (C=O) groups is 1. The van der Waals surface area contributed by atoms with E-state index in [2.05, 4.69) is 40.4 Å². The molecule has 2 aliphatic heterocycles. The molecule has 1 N–H and O–H groups in total. The summed E-state index contributed by atoms with van der Waals surface area (Å²) in [6.45, 7) is 5.37. The van der Waals surface area contributed by atoms with Crippen LogP contribution in [-0.4, -0.2) is 38.8 Å². The fourth-order valence-electron chi connectivity index (χ4n) is 5.14. The van der Waals surface area contributed by atoms with E-state index in [0.29, 0.717) is 12.4 Å². The number of amides is 1. The van der Waals surface area contributed by atoms with Crippen LogP contribution in [0.3, 0.4) is 0 Å². The summed E-state index contributed by atoms with van der Waals surface area (Å²) in [6.07, 6.45) is 9.57. The standard InChI is InChI=1S/C24H30N4O2S/c1-16-10-13-31-21(16)15-27-12-9-18-19(14-27)25-22(26-23(18)29)20-8-5-11-28(20)24(30)17-6-3-2-4-7-17/h2-3,10,13,17,20H,4-9,11-12,14-15H2,1H3,(H,25,26,29)/t17-,20+/m1/s1. The van der Waals surface area contributed by atoms with Crippen LogP contribution in [0.2, 0.25) is 0 Å². The molecule has 0 aromatic carbocycles. The van der Waals surface area contributed by atoms with Gasteiger partial charge < -0.3 is 9.88 Å². The summed E-state index contributed by atoms with van der Waals surface area (Å²) in [4.78, 5) is 39.8. The highest BCUT2D eigenvalue weighted by molar-refractivity contribution is 7.10. The van der Waals surface area contributed by atoms with Crippen molar-refractivity contribution < 1.29 is 4.79 Å². The van der Waals surface area contributed by atoms with Gasteiger partial charge in [0.15, 0.2) is 0 Å². The Bertz CT molecular complexity index is 1060. The number of hydrogen-bond acceptors (Lipinski definition) is 5. The van der Waals surface area contributed by atoms with Gasteiger partial charge >= 0.3 is 0 Å². The number of aromatic nitrogens is 2. The molecule has 164 valence electrons. The highest BCUT2D eigenvalue weighted by Gasteiger charge is 2.36. The Morgan fingerprint density at radius 2 is 2.19 bits per heavy atom. The number of fused-ring (bicyclic) bond motifs is 1. The van der Waals surface area contributed by atoms with Crippen LogP contribution in [0.15, 0.2) is 28.4 Å². The number of rotatable bonds is 4. The molecule has 2 aromatic rings. The minimum absolute atomic E-state index is 0.0214. The van der Waals surface area contributed by atoms with Gasteiger partial charge in [0.05, 0.1) is 11.7 Å². The average molecular weight is 439 g/mol. The van der Waals surface area contributed by atoms with Crippen molar-refractivity contribution in [2.75, 3.05) is 13.1 Å². The molecular weight excluding hydrogens is 408 g/mol. The lowest BCUT2D eigenvalue weighted by atomic mass is 9.93. The molecule has 0 bridgehead atoms. The lowest BCUT2D eigenvalue weighted by molar-refractivity contribution is -0.136. The summed E-state index contributed by atoms with van der Waals surface area (Å²) in [5, 5.41) is 2.14. The van der Waals surface area contributed by atoms with Gasteiger partial charge in [-0.1, -0.05) is 12.2 Å². The summed E-state index contributed by atoms with van der Waals surface area (Å²) in [5.74, 6) is 0.969. The highest BCUT2D eigenvalue weighted by atomic mass is 32.1. The van der Waals surface area contributed by atoms with Crippen molar-refractivity contribution in [2.24, 2.45) is 5.92 Å². The molecule has 1 amide bonds. The number of hydrogen-bond donors (Lipinski definition) is 1. The van der Waals surface area contributed by atoms with E-state index < -0.39 is 0 Å². The first-order chi connectivity index (χ1) is 15.1. The second kappa shape index (κ2) is 8.71. The first kappa shape index (κ1) is 20.6. The van der Waals surface area contributed by atoms with Crippen molar-refractivity contribution in [2.45, 2.75) is 64.6 Å². The Kier molecular flexibility index (Phi) is 5.80. The summed E-state index contributed by atoms with van der Waals surface area (Å²) in [6, 6.07) is 2.05. The van der Waals surface area contributed by atoms with Crippen LogP contribution in [0.1, 0.15) is 65.7 Å². The topological polar surface area (TPSA) is 69.3 Å². The molecular formula is C24H30N4O2S. The van der Waals surface area contributed by atoms with Crippen molar-refractivity contribution in [3.8, 4) is 0 Å². The van der Waals surface area contributed by atoms with Crippen LogP contribution in [-0.2, 0) is 24.3 Å². The zero-order valence-electron chi connectivity index (χ0n) is 18.1. The molecule has 1 aliphatic carbocycles. The van der Waals surface area contributed by atoms with Crippen LogP contribution < -0.4 is 5.56 Å². The lowest BCUT2D eigenvalue weighted by Gasteiger charge is -2.31. The predicted octanol–water partition coefficient (Wildman–Crippen LogP) is 3.72. The number of nitrogens with one attached hydrogen (secondary N) is 1. The van der Waals surface area contributed by atoms with Crippen molar-refractivity contribution in [3.05, 3.63) is 61.5 Å². The van der Waals surface area contributed by atoms with Gasteiger partial charge in [0, 0.05) is 42.5 Å². The third-order valence-corrected chi connectivity index (χ3v) is 7.98. The molecule has 0 unspecified atom stereocenters. The van der Waals surface area contributed by atoms with Gasteiger partial charge in [-0.2, -0.15) is 0 Å². The number of aromatic amines is 1. The van der Waals surface area contributed by atoms with E-state index in [-0.39, 0.29) is 23.4 Å². The molecule has 31 heavy (non-hydrogen) atoms. The predicted molar refractivity (Wildman–Crippen MR) is 122 cm³/mol. The molecule has 2 aromatic heterocycles. The minimum atomic E-state index is -0.105. The third-order valence-electron chi connectivity index (χ3n) is 6.98. The van der Waals surface area contributed by atoms with Gasteiger partial charge in [-0.3, -0.25) is 14.5 Å². The minimum Gasteiger partial charge on any atom is -0.332 e. The maximum absolute atomic E-state index is 13.2. The van der Waals surface area contributed by atoms with Crippen molar-refractivity contribution in [1.82, 2.24) is 19.8 Å². The van der Waals surface area contributed by atoms with Gasteiger partial charge in [-0.05, 0) is 62.5 Å². The molecule has 2 atom stereocenters. The Morgan fingerprint density at radius 1 is 1.29 bits per heavy atom. The van der Waals surface area contributed by atoms with E-state index in [0.717, 1.165) is 69.4 Å². The average Bonchev–Trinajstić information content (AvgIpc) is 3.43. The number of thiophene rings is 1. The van der Waals surface area contributed by atoms with Gasteiger partial charge in [-0.15, -0.1) is 11.3 Å². The van der Waals surface area contributed by atoms with Gasteiger partial charge in [-0.25, -0.2) is 4.98 Å². The number of H-pyrrole nitrogens is 1. The van der Waals surface area contributed by atoms with E-state index in [4.69, 9.17) is 4.98 Å². The number of aryl methyl sites for hydroxylation is 1. The Balaban J connectivity index is 1.37. The number of nitrogens with zero attached hydrogens (tertiary/aromatic N) is 3. The van der Waals surface area contributed by atoms with Crippen LogP contribution in [0, 0.1) is 12.8 Å². The van der Waals surface area contributed by atoms with Crippen LogP contribution >= 0.6 is 11.3 Å². The molecule has 4 heterocycles. The Hall–Kier alpha value is -2.25. The lowest BCUT2D eigenvalue weighted by Crippen LogP contribution is -2.39. The first-order valence-corrected chi connectivity index (χ1v) is 12.3. The summed E-state index contributed by atoms with van der Waals surface area (Å²) in [7, 11) is 0. The number of carbonyl (C=O) groups excluding carboxylic acids is 1. The summed E-state index contributed by atoms with van der Waals surface area (Å²) >= 11 is 1.79. The maximum atomic E-state index is 13.2. The second-order valence-corrected chi connectivity index (χ2v) is 10.0. The zero-order valence-corrected chi connectivity index (χ0v) is 18.9. The fraction of sp³-hybridized carbons (Fsp3) is 0.542. The van der Waals surface area contributed by atoms with Crippen molar-refractivity contribution >= 4 is 17.2 Å². The van der Waals surface area contributed by atoms with Crippen LogP contribution in [0.25, 0.3) is 0 Å². The molecule has 1 saturated heterocycles. The van der Waals surface area contributed by atoms with Gasteiger partial charge in [0.2, 0.25) is 5.91 Å². The van der Waals surface area contributed by atoms with E-state index in [9.17, 15) is 9.59 Å². The van der Waals surface area contributed by atoms with Gasteiger partial charge in [0.1, 0.15) is 5.82 Å². The Labute approximate surface area is 187 Å². The highest BCUT2D eigenvalue weighted by Crippen LogP contribution is 2.33. The monoisotopic (exact) mass is 438 g/mol. The largest absolute Gasteiger partial charge is 0.332 e. The van der Waals surface area contributed by atoms with Crippen molar-refractivity contribution in [3.63, 3.8) is 0 Å². The molecule has 0 saturated carbocycles. The molecule has 0 radical (unpaired) electrons. The van der Waals surface area contributed by atoms with Crippen molar-refractivity contribution in [1.29, 1.82) is 0 Å². The molecule has 0 spiro atoms. The SMILES string of the molecule is Cc1ccsc1CN1CCc2c(nc([C@@H]3CCCN3C(=O)[C@@H]3CC=CCC3)[nH]c2=O)C1. The molecule has 6 nitrogen and oxygen atoms in total. The molecule has 1 fully saturated rings. The third kappa shape index (κ3) is 4.13. The van der Waals surface area contributed by atoms with Crippen LogP contribution in [0.4, 0.5) is 0 Å². The first-order valence-electron chi connectivity index (χ1n) is 11.4. The zero-order chi connectivity index (χ0) is 21.4. The smallest absolute Gasteiger partial charge is 0.254 e. The van der Waals surface area contributed by atoms with E-state index >= 15 is 0 Å². The maximum Gasteiger partial charge on any atom is 0.254 e. The molecule has 5 rings (SSSR count). The fourth-order valence-corrected chi connectivity index (χ4v) is 6.09. The second-order valence-electron chi connectivity index (χ2n) is 9.03. The quantitative estimate of drug-likeness (QED) is 0.739. The van der Waals surface area contributed by atoms with Gasteiger partial charge in [0.25, 0.3) is 5.56 Å². The number of likely N-dealkylation sites (tertiary alicyclic amines) is 1. The number of allylic oxidation sites excluding steroid dienone is 2. The summed E-state index contributed by atoms with van der Waals surface area (Å²) < 4.78 is 0.